The Bertz CT molecular complexity index is 461. The van der Waals surface area contributed by atoms with Crippen LogP contribution >= 0.6 is 0 Å². The second kappa shape index (κ2) is 5.38. The Hall–Kier alpha value is -1.06. The van der Waals surface area contributed by atoms with Crippen LogP contribution in [0.5, 0.6) is 0 Å². The van der Waals surface area contributed by atoms with Crippen molar-refractivity contribution in [1.29, 1.82) is 0 Å². The minimum atomic E-state index is 0.722. The van der Waals surface area contributed by atoms with E-state index in [1.165, 1.54) is 63.2 Å². The number of rotatable bonds is 3. The SMILES string of the molecule is c1ccc2c(c1)NCCC2CN1CCN(C2CC2)CC1. The summed E-state index contributed by atoms with van der Waals surface area (Å²) in [4.78, 5) is 5.39. The summed E-state index contributed by atoms with van der Waals surface area (Å²) in [7, 11) is 0. The molecule has 3 heteroatoms. The number of para-hydroxylation sites is 1. The summed E-state index contributed by atoms with van der Waals surface area (Å²) in [5.41, 5.74) is 2.89. The Morgan fingerprint density at radius 1 is 1.00 bits per heavy atom. The molecule has 1 aliphatic carbocycles. The Morgan fingerprint density at radius 3 is 2.60 bits per heavy atom. The van der Waals surface area contributed by atoms with Crippen LogP contribution in [0.1, 0.15) is 30.7 Å². The first kappa shape index (κ1) is 12.7. The largest absolute Gasteiger partial charge is 0.385 e. The first-order valence-corrected chi connectivity index (χ1v) is 8.19. The summed E-state index contributed by atoms with van der Waals surface area (Å²) < 4.78 is 0. The monoisotopic (exact) mass is 271 g/mol. The molecule has 0 amide bonds. The zero-order valence-corrected chi connectivity index (χ0v) is 12.2. The lowest BCUT2D eigenvalue weighted by Crippen LogP contribution is -2.48. The van der Waals surface area contributed by atoms with E-state index in [0.717, 1.165) is 18.5 Å². The molecule has 0 radical (unpaired) electrons. The molecule has 0 bridgehead atoms. The van der Waals surface area contributed by atoms with Gasteiger partial charge in [0.15, 0.2) is 0 Å². The van der Waals surface area contributed by atoms with Crippen molar-refractivity contribution in [2.24, 2.45) is 0 Å². The lowest BCUT2D eigenvalue weighted by molar-refractivity contribution is 0.120. The molecule has 20 heavy (non-hydrogen) atoms. The highest BCUT2D eigenvalue weighted by molar-refractivity contribution is 5.54. The predicted octanol–water partition coefficient (Wildman–Crippen LogP) is 2.37. The number of hydrogen-bond donors (Lipinski definition) is 1. The highest BCUT2D eigenvalue weighted by Gasteiger charge is 2.32. The zero-order valence-electron chi connectivity index (χ0n) is 12.2. The molecule has 1 atom stereocenters. The fraction of sp³-hybridized carbons (Fsp3) is 0.647. The number of nitrogens with one attached hydrogen (secondary N) is 1. The van der Waals surface area contributed by atoms with Crippen molar-refractivity contribution in [2.45, 2.75) is 31.2 Å². The highest BCUT2D eigenvalue weighted by Crippen LogP contribution is 2.32. The van der Waals surface area contributed by atoms with Crippen LogP contribution in [-0.4, -0.2) is 55.1 Å². The van der Waals surface area contributed by atoms with Crippen molar-refractivity contribution in [2.75, 3.05) is 44.6 Å². The molecule has 1 saturated heterocycles. The minimum Gasteiger partial charge on any atom is -0.385 e. The molecule has 1 aromatic carbocycles. The maximum Gasteiger partial charge on any atom is 0.0376 e. The van der Waals surface area contributed by atoms with E-state index in [2.05, 4.69) is 39.4 Å². The third kappa shape index (κ3) is 2.57. The summed E-state index contributed by atoms with van der Waals surface area (Å²) in [6.45, 7) is 7.49. The van der Waals surface area contributed by atoms with Crippen molar-refractivity contribution in [3.63, 3.8) is 0 Å². The topological polar surface area (TPSA) is 18.5 Å². The van der Waals surface area contributed by atoms with Gasteiger partial charge in [-0.2, -0.15) is 0 Å². The van der Waals surface area contributed by atoms with E-state index in [0.29, 0.717) is 0 Å². The van der Waals surface area contributed by atoms with E-state index in [4.69, 9.17) is 0 Å². The van der Waals surface area contributed by atoms with Crippen molar-refractivity contribution in [1.82, 2.24) is 9.80 Å². The maximum absolute atomic E-state index is 3.53. The normalized spacial score (nSPS) is 27.9. The highest BCUT2D eigenvalue weighted by atomic mass is 15.3. The molecule has 3 nitrogen and oxygen atoms in total. The van der Waals surface area contributed by atoms with E-state index < -0.39 is 0 Å². The molecule has 108 valence electrons. The summed E-state index contributed by atoms with van der Waals surface area (Å²) in [6, 6.07) is 9.81. The van der Waals surface area contributed by atoms with Crippen molar-refractivity contribution in [3.8, 4) is 0 Å². The summed E-state index contributed by atoms with van der Waals surface area (Å²) >= 11 is 0. The van der Waals surface area contributed by atoms with Gasteiger partial charge in [-0.25, -0.2) is 0 Å². The van der Waals surface area contributed by atoms with E-state index in [9.17, 15) is 0 Å². The first-order valence-electron chi connectivity index (χ1n) is 8.19. The number of nitrogens with zero attached hydrogens (tertiary/aromatic N) is 2. The number of piperazine rings is 1. The molecule has 1 aromatic rings. The molecule has 2 aliphatic heterocycles. The summed E-state index contributed by atoms with van der Waals surface area (Å²) in [5, 5.41) is 3.53. The Kier molecular flexibility index (Phi) is 3.41. The number of anilines is 1. The Balaban J connectivity index is 1.38. The Labute approximate surface area is 121 Å². The van der Waals surface area contributed by atoms with Crippen LogP contribution in [0.2, 0.25) is 0 Å². The molecule has 1 saturated carbocycles. The van der Waals surface area contributed by atoms with Gasteiger partial charge in [0.2, 0.25) is 0 Å². The summed E-state index contributed by atoms with van der Waals surface area (Å²) in [6.07, 6.45) is 4.17. The predicted molar refractivity (Wildman–Crippen MR) is 83.3 cm³/mol. The molecular weight excluding hydrogens is 246 g/mol. The quantitative estimate of drug-likeness (QED) is 0.910. The van der Waals surface area contributed by atoms with Gasteiger partial charge in [-0.15, -0.1) is 0 Å². The average molecular weight is 271 g/mol. The second-order valence-electron chi connectivity index (χ2n) is 6.57. The van der Waals surface area contributed by atoms with Crippen LogP contribution in [-0.2, 0) is 0 Å². The van der Waals surface area contributed by atoms with Gasteiger partial charge in [-0.05, 0) is 30.9 Å². The van der Waals surface area contributed by atoms with Crippen LogP contribution < -0.4 is 5.32 Å². The summed E-state index contributed by atoms with van der Waals surface area (Å²) in [5.74, 6) is 0.722. The lowest BCUT2D eigenvalue weighted by Gasteiger charge is -2.38. The van der Waals surface area contributed by atoms with Crippen molar-refractivity contribution in [3.05, 3.63) is 29.8 Å². The molecule has 4 rings (SSSR count). The maximum atomic E-state index is 3.53. The van der Waals surface area contributed by atoms with Crippen LogP contribution in [0.25, 0.3) is 0 Å². The fourth-order valence-electron chi connectivity index (χ4n) is 3.80. The van der Waals surface area contributed by atoms with Crippen LogP contribution in [0.4, 0.5) is 5.69 Å². The van der Waals surface area contributed by atoms with Crippen molar-refractivity contribution >= 4 is 5.69 Å². The molecule has 0 aromatic heterocycles. The van der Waals surface area contributed by atoms with Gasteiger partial charge in [-0.3, -0.25) is 4.90 Å². The van der Waals surface area contributed by atoms with Gasteiger partial charge in [0.25, 0.3) is 0 Å². The first-order chi connectivity index (χ1) is 9.90. The molecule has 3 aliphatic rings. The van der Waals surface area contributed by atoms with E-state index >= 15 is 0 Å². The second-order valence-corrected chi connectivity index (χ2v) is 6.57. The molecule has 2 fully saturated rings. The number of benzene rings is 1. The average Bonchev–Trinajstić information content (AvgIpc) is 3.33. The van der Waals surface area contributed by atoms with E-state index in [1.54, 1.807) is 0 Å². The third-order valence-corrected chi connectivity index (χ3v) is 5.16. The van der Waals surface area contributed by atoms with E-state index in [1.807, 2.05) is 0 Å². The molecule has 0 spiro atoms. The van der Waals surface area contributed by atoms with Crippen molar-refractivity contribution < 1.29 is 0 Å². The van der Waals surface area contributed by atoms with Gasteiger partial charge >= 0.3 is 0 Å². The van der Waals surface area contributed by atoms with Crippen LogP contribution in [0.15, 0.2) is 24.3 Å². The Morgan fingerprint density at radius 2 is 1.80 bits per heavy atom. The van der Waals surface area contributed by atoms with Crippen LogP contribution in [0.3, 0.4) is 0 Å². The van der Waals surface area contributed by atoms with Gasteiger partial charge in [0.1, 0.15) is 0 Å². The van der Waals surface area contributed by atoms with Crippen LogP contribution in [0, 0.1) is 0 Å². The molecule has 1 unspecified atom stereocenters. The third-order valence-electron chi connectivity index (χ3n) is 5.16. The standard InChI is InChI=1S/C17H25N3/c1-2-4-17-16(3-1)14(7-8-18-17)13-19-9-11-20(12-10-19)15-5-6-15/h1-4,14-15,18H,5-13H2. The zero-order chi connectivity index (χ0) is 13.4. The number of hydrogen-bond acceptors (Lipinski definition) is 3. The van der Waals surface area contributed by atoms with Gasteiger partial charge < -0.3 is 10.2 Å². The molecule has 1 N–H and O–H groups in total. The molecule has 2 heterocycles. The van der Waals surface area contributed by atoms with Gasteiger partial charge in [0, 0.05) is 56.9 Å². The molecular formula is C17H25N3. The lowest BCUT2D eigenvalue weighted by atomic mass is 9.90. The minimum absolute atomic E-state index is 0.722. The number of fused-ring (bicyclic) bond motifs is 1. The van der Waals surface area contributed by atoms with Gasteiger partial charge in [-0.1, -0.05) is 18.2 Å². The van der Waals surface area contributed by atoms with Gasteiger partial charge in [0.05, 0.1) is 0 Å². The fourth-order valence-corrected chi connectivity index (χ4v) is 3.80. The smallest absolute Gasteiger partial charge is 0.0376 e. The van der Waals surface area contributed by atoms with E-state index in [-0.39, 0.29) is 0 Å².